The van der Waals surface area contributed by atoms with Gasteiger partial charge in [0.25, 0.3) is 0 Å². The fourth-order valence-electron chi connectivity index (χ4n) is 4.06. The van der Waals surface area contributed by atoms with Crippen LogP contribution in [0.2, 0.25) is 0 Å². The highest BCUT2D eigenvalue weighted by molar-refractivity contribution is 6.14. The molecule has 0 fully saturated rings. The number of benzene rings is 2. The van der Waals surface area contributed by atoms with Crippen LogP contribution >= 0.6 is 0 Å². The van der Waals surface area contributed by atoms with Crippen LogP contribution in [0, 0.1) is 5.92 Å². The van der Waals surface area contributed by atoms with Gasteiger partial charge in [-0.25, -0.2) is 0 Å². The Morgan fingerprint density at radius 1 is 0.938 bits per heavy atom. The lowest BCUT2D eigenvalue weighted by Gasteiger charge is -2.34. The van der Waals surface area contributed by atoms with Crippen molar-refractivity contribution in [3.05, 3.63) is 58.9 Å². The molecule has 0 amide bonds. The van der Waals surface area contributed by atoms with Crippen molar-refractivity contribution in [2.75, 3.05) is 35.0 Å². The Morgan fingerprint density at radius 2 is 1.53 bits per heavy atom. The molecule has 0 aromatic heterocycles. The van der Waals surface area contributed by atoms with Crippen LogP contribution in [0.5, 0.6) is 23.0 Å². The topological polar surface area (TPSA) is 101 Å². The smallest absolute Gasteiger partial charge is 0.314 e. The molecule has 0 heterocycles. The van der Waals surface area contributed by atoms with Gasteiger partial charge in [-0.1, -0.05) is 6.07 Å². The van der Waals surface area contributed by atoms with Crippen LogP contribution < -0.4 is 18.9 Å². The minimum atomic E-state index is -1.07. The van der Waals surface area contributed by atoms with Crippen LogP contribution in [-0.4, -0.2) is 51.9 Å². The van der Waals surface area contributed by atoms with E-state index in [1.807, 2.05) is 0 Å². The third-order valence-corrected chi connectivity index (χ3v) is 5.51. The van der Waals surface area contributed by atoms with Gasteiger partial charge in [-0.3, -0.25) is 9.59 Å². The van der Waals surface area contributed by atoms with Gasteiger partial charge in [0.05, 0.1) is 47.2 Å². The standard InChI is InChI=1S/C24H26O8/c1-6-32-24(27)22-16(12-25)23(26)15-11-20(31-5)19(30-4)10-14(15)21(22)13-7-8-17(28-2)18(9-13)29-3/h7-12,21-22,25H,6H2,1-5H3/b16-12+/t21-,22-/m1/s1. The number of aliphatic hydroxyl groups is 1. The fraction of sp³-hybridized carbons (Fsp3) is 0.333. The molecule has 32 heavy (non-hydrogen) atoms. The van der Waals surface area contributed by atoms with Gasteiger partial charge >= 0.3 is 5.97 Å². The molecule has 1 N–H and O–H groups in total. The van der Waals surface area contributed by atoms with E-state index >= 15 is 0 Å². The van der Waals surface area contributed by atoms with Gasteiger partial charge in [0.1, 0.15) is 0 Å². The van der Waals surface area contributed by atoms with Gasteiger partial charge < -0.3 is 28.8 Å². The Bertz CT molecular complexity index is 1060. The molecule has 8 heteroatoms. The SMILES string of the molecule is CCOC(=O)[C@@H]1/C(=C\O)C(=O)c2cc(OC)c(OC)cc2[C@H]1c1ccc(OC)c(OC)c1. The van der Waals surface area contributed by atoms with Gasteiger partial charge in [-0.2, -0.15) is 0 Å². The first-order valence-electron chi connectivity index (χ1n) is 9.99. The maximum absolute atomic E-state index is 13.3. The van der Waals surface area contributed by atoms with Crippen molar-refractivity contribution in [1.82, 2.24) is 0 Å². The fourth-order valence-corrected chi connectivity index (χ4v) is 4.06. The molecule has 1 aliphatic rings. The summed E-state index contributed by atoms with van der Waals surface area (Å²) >= 11 is 0. The number of methoxy groups -OCH3 is 4. The number of ether oxygens (including phenoxy) is 5. The van der Waals surface area contributed by atoms with Crippen molar-refractivity contribution >= 4 is 11.8 Å². The van der Waals surface area contributed by atoms with Crippen molar-refractivity contribution in [2.24, 2.45) is 5.92 Å². The molecule has 0 radical (unpaired) electrons. The molecule has 0 bridgehead atoms. The second-order valence-electron chi connectivity index (χ2n) is 7.03. The summed E-state index contributed by atoms with van der Waals surface area (Å²) in [6.07, 6.45) is 0.678. The van der Waals surface area contributed by atoms with Gasteiger partial charge in [0.2, 0.25) is 0 Å². The molecule has 0 aliphatic heterocycles. The Balaban J connectivity index is 2.34. The summed E-state index contributed by atoms with van der Waals surface area (Å²) in [4.78, 5) is 26.3. The number of esters is 1. The lowest BCUT2D eigenvalue weighted by atomic mass is 9.68. The summed E-state index contributed by atoms with van der Waals surface area (Å²) in [6, 6.07) is 8.46. The molecule has 0 saturated carbocycles. The first kappa shape index (κ1) is 23.0. The summed E-state index contributed by atoms with van der Waals surface area (Å²) < 4.78 is 26.8. The van der Waals surface area contributed by atoms with E-state index in [9.17, 15) is 14.7 Å². The minimum Gasteiger partial charge on any atom is -0.515 e. The lowest BCUT2D eigenvalue weighted by molar-refractivity contribution is -0.147. The first-order chi connectivity index (χ1) is 15.4. The summed E-state index contributed by atoms with van der Waals surface area (Å²) in [7, 11) is 5.99. The van der Waals surface area contributed by atoms with Crippen LogP contribution in [0.25, 0.3) is 0 Å². The normalized spacial score (nSPS) is 18.7. The van der Waals surface area contributed by atoms with Crippen molar-refractivity contribution in [3.63, 3.8) is 0 Å². The Morgan fingerprint density at radius 3 is 2.09 bits per heavy atom. The highest BCUT2D eigenvalue weighted by Gasteiger charge is 2.45. The Labute approximate surface area is 186 Å². The molecule has 2 aromatic rings. The van der Waals surface area contributed by atoms with Crippen molar-refractivity contribution in [3.8, 4) is 23.0 Å². The Hall–Kier alpha value is -3.68. The van der Waals surface area contributed by atoms with Gasteiger partial charge in [0, 0.05) is 17.1 Å². The van der Waals surface area contributed by atoms with Crippen molar-refractivity contribution in [1.29, 1.82) is 0 Å². The third kappa shape index (κ3) is 3.84. The average molecular weight is 442 g/mol. The van der Waals surface area contributed by atoms with E-state index in [1.54, 1.807) is 37.3 Å². The molecule has 3 rings (SSSR count). The average Bonchev–Trinajstić information content (AvgIpc) is 2.82. The van der Waals surface area contributed by atoms with Crippen LogP contribution in [0.15, 0.2) is 42.2 Å². The number of Topliss-reactive ketones (excluding diaryl/α,β-unsaturated/α-hetero) is 1. The lowest BCUT2D eigenvalue weighted by Crippen LogP contribution is -2.35. The van der Waals surface area contributed by atoms with E-state index in [0.717, 1.165) is 0 Å². The highest BCUT2D eigenvalue weighted by Crippen LogP contribution is 2.48. The molecular weight excluding hydrogens is 416 g/mol. The zero-order chi connectivity index (χ0) is 23.4. The summed E-state index contributed by atoms with van der Waals surface area (Å²) in [5.41, 5.74) is 1.44. The molecule has 0 unspecified atom stereocenters. The molecule has 8 nitrogen and oxygen atoms in total. The summed E-state index contributed by atoms with van der Waals surface area (Å²) in [6.45, 7) is 1.80. The van der Waals surface area contributed by atoms with Gasteiger partial charge in [-0.05, 0) is 42.3 Å². The maximum Gasteiger partial charge on any atom is 0.314 e. The van der Waals surface area contributed by atoms with Crippen molar-refractivity contribution in [2.45, 2.75) is 12.8 Å². The quantitative estimate of drug-likeness (QED) is 0.394. The number of fused-ring (bicyclic) bond motifs is 1. The second kappa shape index (κ2) is 9.64. The van der Waals surface area contributed by atoms with E-state index in [0.29, 0.717) is 46.0 Å². The molecule has 1 aliphatic carbocycles. The number of carbonyl (C=O) groups excluding carboxylic acids is 2. The molecule has 2 atom stereocenters. The van der Waals surface area contributed by atoms with Crippen LogP contribution in [0.1, 0.15) is 34.3 Å². The van der Waals surface area contributed by atoms with Crippen LogP contribution in [-0.2, 0) is 9.53 Å². The minimum absolute atomic E-state index is 0.0667. The van der Waals surface area contributed by atoms with E-state index in [-0.39, 0.29) is 12.2 Å². The third-order valence-electron chi connectivity index (χ3n) is 5.51. The zero-order valence-electron chi connectivity index (χ0n) is 18.6. The largest absolute Gasteiger partial charge is 0.515 e. The predicted molar refractivity (Wildman–Crippen MR) is 116 cm³/mol. The number of hydrogen-bond donors (Lipinski definition) is 1. The monoisotopic (exact) mass is 442 g/mol. The molecule has 170 valence electrons. The maximum atomic E-state index is 13.3. The first-order valence-corrected chi connectivity index (χ1v) is 9.99. The second-order valence-corrected chi connectivity index (χ2v) is 7.03. The number of rotatable bonds is 7. The van der Waals surface area contributed by atoms with Gasteiger partial charge in [0.15, 0.2) is 28.8 Å². The molecule has 2 aromatic carbocycles. The van der Waals surface area contributed by atoms with E-state index in [1.165, 1.54) is 28.4 Å². The van der Waals surface area contributed by atoms with E-state index < -0.39 is 23.6 Å². The van der Waals surface area contributed by atoms with E-state index in [4.69, 9.17) is 23.7 Å². The van der Waals surface area contributed by atoms with E-state index in [2.05, 4.69) is 0 Å². The number of hydrogen-bond acceptors (Lipinski definition) is 8. The summed E-state index contributed by atoms with van der Waals surface area (Å²) in [5.74, 6) is -1.11. The highest BCUT2D eigenvalue weighted by atomic mass is 16.5. The predicted octanol–water partition coefficient (Wildman–Crippen LogP) is 3.67. The van der Waals surface area contributed by atoms with Gasteiger partial charge in [-0.15, -0.1) is 0 Å². The molecule has 0 spiro atoms. The number of ketones is 1. The van der Waals surface area contributed by atoms with Crippen molar-refractivity contribution < 1.29 is 38.4 Å². The number of carbonyl (C=O) groups is 2. The number of aliphatic hydroxyl groups excluding tert-OH is 1. The Kier molecular flexibility index (Phi) is 6.92. The van der Waals surface area contributed by atoms with Crippen LogP contribution in [0.4, 0.5) is 0 Å². The zero-order valence-corrected chi connectivity index (χ0v) is 18.6. The van der Waals surface area contributed by atoms with Crippen LogP contribution in [0.3, 0.4) is 0 Å². The molecular formula is C24H26O8. The molecule has 0 saturated heterocycles. The summed E-state index contributed by atoms with van der Waals surface area (Å²) in [5, 5.41) is 9.96.